The molecule has 0 bridgehead atoms. The molecule has 1 rings (SSSR count). The molecule has 5 N–H and O–H groups in total. The zero-order chi connectivity index (χ0) is 14.4. The van der Waals surface area contributed by atoms with Crippen LogP contribution < -0.4 is 16.8 Å². The van der Waals surface area contributed by atoms with Crippen molar-refractivity contribution in [1.29, 1.82) is 0 Å². The zero-order valence-corrected chi connectivity index (χ0v) is 12.1. The van der Waals surface area contributed by atoms with Crippen LogP contribution in [0, 0.1) is 0 Å². The highest BCUT2D eigenvalue weighted by molar-refractivity contribution is 7.98. The molecule has 0 aliphatic carbocycles. The van der Waals surface area contributed by atoms with Gasteiger partial charge in [0, 0.05) is 5.56 Å². The Bertz CT molecular complexity index is 482. The summed E-state index contributed by atoms with van der Waals surface area (Å²) >= 11 is 7.56. The highest BCUT2D eigenvalue weighted by Gasteiger charge is 2.15. The van der Waals surface area contributed by atoms with E-state index < -0.39 is 11.9 Å². The monoisotopic (exact) mass is 301 g/mol. The third-order valence-corrected chi connectivity index (χ3v) is 3.45. The first-order valence-corrected chi connectivity index (χ1v) is 7.37. The van der Waals surface area contributed by atoms with Crippen LogP contribution in [0.2, 0.25) is 5.02 Å². The van der Waals surface area contributed by atoms with Crippen LogP contribution in [0.3, 0.4) is 0 Å². The molecule has 5 nitrogen and oxygen atoms in total. The molecule has 0 aliphatic rings. The minimum Gasteiger partial charge on any atom is -0.366 e. The number of primary amides is 1. The van der Waals surface area contributed by atoms with E-state index in [4.69, 9.17) is 23.1 Å². The first-order chi connectivity index (χ1) is 8.95. The van der Waals surface area contributed by atoms with Crippen molar-refractivity contribution in [1.82, 2.24) is 0 Å². The minimum absolute atomic E-state index is 0.275. The van der Waals surface area contributed by atoms with Gasteiger partial charge >= 0.3 is 0 Å². The van der Waals surface area contributed by atoms with Crippen molar-refractivity contribution in [3.05, 3.63) is 28.8 Å². The van der Waals surface area contributed by atoms with Crippen LogP contribution in [0.1, 0.15) is 16.8 Å². The lowest BCUT2D eigenvalue weighted by Crippen LogP contribution is -2.36. The normalized spacial score (nSPS) is 11.9. The number of thioether (sulfide) groups is 1. The van der Waals surface area contributed by atoms with Crippen molar-refractivity contribution in [3.8, 4) is 0 Å². The molecule has 7 heteroatoms. The van der Waals surface area contributed by atoms with E-state index in [2.05, 4.69) is 5.32 Å². The molecule has 0 saturated heterocycles. The molecule has 0 aliphatic heterocycles. The summed E-state index contributed by atoms with van der Waals surface area (Å²) in [7, 11) is 0. The second-order valence-corrected chi connectivity index (χ2v) is 5.33. The molecule has 0 unspecified atom stereocenters. The Morgan fingerprint density at radius 2 is 2.16 bits per heavy atom. The molecule has 0 aromatic heterocycles. The number of carbonyl (C=O) groups is 2. The summed E-state index contributed by atoms with van der Waals surface area (Å²) in [5, 5.41) is 2.93. The van der Waals surface area contributed by atoms with Gasteiger partial charge in [-0.25, -0.2) is 0 Å². The van der Waals surface area contributed by atoms with E-state index in [-0.39, 0.29) is 11.5 Å². The standard InChI is InChI=1S/C12H16ClN3O2S/c1-19-5-4-9(14)12(18)16-10-6-7(11(15)17)2-3-8(10)13/h2-3,6,9H,4-5,14H2,1H3,(H2,15,17)(H,16,18)/t9-/m1/s1. The lowest BCUT2D eigenvalue weighted by molar-refractivity contribution is -0.117. The second-order valence-electron chi connectivity index (χ2n) is 3.94. The largest absolute Gasteiger partial charge is 0.366 e. The molecule has 104 valence electrons. The molecule has 1 atom stereocenters. The molecule has 2 amide bonds. The first kappa shape index (κ1) is 15.8. The maximum atomic E-state index is 11.8. The first-order valence-electron chi connectivity index (χ1n) is 5.60. The SMILES string of the molecule is CSCC[C@@H](N)C(=O)Nc1cc(C(N)=O)ccc1Cl. The Morgan fingerprint density at radius 1 is 1.47 bits per heavy atom. The Morgan fingerprint density at radius 3 is 2.74 bits per heavy atom. The van der Waals surface area contributed by atoms with Gasteiger partial charge in [0.05, 0.1) is 16.8 Å². The number of carbonyl (C=O) groups excluding carboxylic acids is 2. The summed E-state index contributed by atoms with van der Waals surface area (Å²) in [5.74, 6) is -0.125. The highest BCUT2D eigenvalue weighted by atomic mass is 35.5. The van der Waals surface area contributed by atoms with Gasteiger partial charge in [0.2, 0.25) is 11.8 Å². The molecule has 0 radical (unpaired) electrons. The van der Waals surface area contributed by atoms with E-state index in [1.165, 1.54) is 18.2 Å². The van der Waals surface area contributed by atoms with Crippen LogP contribution in [0.5, 0.6) is 0 Å². The van der Waals surface area contributed by atoms with Gasteiger partial charge in [0.25, 0.3) is 0 Å². The van der Waals surface area contributed by atoms with Crippen molar-refractivity contribution in [3.63, 3.8) is 0 Å². The number of benzene rings is 1. The Kier molecular flexibility index (Phi) is 6.14. The Balaban J connectivity index is 2.78. The number of anilines is 1. The topological polar surface area (TPSA) is 98.2 Å². The van der Waals surface area contributed by atoms with E-state index in [1.54, 1.807) is 11.8 Å². The predicted molar refractivity (Wildman–Crippen MR) is 79.6 cm³/mol. The summed E-state index contributed by atoms with van der Waals surface area (Å²) in [6.07, 6.45) is 2.51. The van der Waals surface area contributed by atoms with Gasteiger partial charge in [-0.15, -0.1) is 0 Å². The van der Waals surface area contributed by atoms with Crippen LogP contribution in [-0.2, 0) is 4.79 Å². The average Bonchev–Trinajstić information content (AvgIpc) is 2.38. The quantitative estimate of drug-likeness (QED) is 0.741. The van der Waals surface area contributed by atoms with E-state index in [0.717, 1.165) is 5.75 Å². The molecule has 0 spiro atoms. The number of hydrogen-bond donors (Lipinski definition) is 3. The smallest absolute Gasteiger partial charge is 0.248 e. The molecular formula is C12H16ClN3O2S. The van der Waals surface area contributed by atoms with Crippen molar-refractivity contribution >= 4 is 40.9 Å². The number of nitrogens with one attached hydrogen (secondary N) is 1. The van der Waals surface area contributed by atoms with Gasteiger partial charge < -0.3 is 16.8 Å². The fraction of sp³-hybridized carbons (Fsp3) is 0.333. The fourth-order valence-corrected chi connectivity index (χ4v) is 2.03. The number of rotatable bonds is 6. The maximum Gasteiger partial charge on any atom is 0.248 e. The lowest BCUT2D eigenvalue weighted by Gasteiger charge is -2.13. The van der Waals surface area contributed by atoms with Crippen LogP contribution in [0.15, 0.2) is 18.2 Å². The van der Waals surface area contributed by atoms with Gasteiger partial charge in [-0.05, 0) is 36.6 Å². The van der Waals surface area contributed by atoms with E-state index in [1.807, 2.05) is 6.26 Å². The summed E-state index contributed by atoms with van der Waals surface area (Å²) in [6, 6.07) is 3.82. The average molecular weight is 302 g/mol. The highest BCUT2D eigenvalue weighted by Crippen LogP contribution is 2.23. The third kappa shape index (κ3) is 4.74. The Labute approximate surface area is 121 Å². The van der Waals surface area contributed by atoms with Crippen LogP contribution in [0.4, 0.5) is 5.69 Å². The van der Waals surface area contributed by atoms with Crippen LogP contribution >= 0.6 is 23.4 Å². The van der Waals surface area contributed by atoms with Gasteiger partial charge in [0.15, 0.2) is 0 Å². The van der Waals surface area contributed by atoms with E-state index >= 15 is 0 Å². The Hall–Kier alpha value is -1.24. The third-order valence-electron chi connectivity index (χ3n) is 2.48. The maximum absolute atomic E-state index is 11.8. The fourth-order valence-electron chi connectivity index (χ4n) is 1.38. The summed E-state index contributed by atoms with van der Waals surface area (Å²) in [4.78, 5) is 22.9. The van der Waals surface area contributed by atoms with Crippen LogP contribution in [-0.4, -0.2) is 29.9 Å². The molecule has 0 fully saturated rings. The molecule has 0 saturated carbocycles. The van der Waals surface area contributed by atoms with E-state index in [0.29, 0.717) is 17.1 Å². The lowest BCUT2D eigenvalue weighted by atomic mass is 10.1. The number of hydrogen-bond acceptors (Lipinski definition) is 4. The van der Waals surface area contributed by atoms with Gasteiger partial charge in [-0.2, -0.15) is 11.8 Å². The molecule has 1 aromatic carbocycles. The van der Waals surface area contributed by atoms with Crippen molar-refractivity contribution in [2.75, 3.05) is 17.3 Å². The van der Waals surface area contributed by atoms with Gasteiger partial charge in [-0.1, -0.05) is 11.6 Å². The second kappa shape index (κ2) is 7.37. The minimum atomic E-state index is -0.610. The van der Waals surface area contributed by atoms with Crippen molar-refractivity contribution in [2.45, 2.75) is 12.5 Å². The summed E-state index contributed by atoms with van der Waals surface area (Å²) in [5.41, 5.74) is 11.5. The zero-order valence-electron chi connectivity index (χ0n) is 10.5. The number of amides is 2. The molecule has 0 heterocycles. The summed E-state index contributed by atoms with van der Waals surface area (Å²) in [6.45, 7) is 0. The molecular weight excluding hydrogens is 286 g/mol. The molecule has 19 heavy (non-hydrogen) atoms. The predicted octanol–water partition coefficient (Wildman–Crippen LogP) is 1.46. The van der Waals surface area contributed by atoms with Gasteiger partial charge in [0.1, 0.15) is 0 Å². The number of nitrogens with two attached hydrogens (primary N) is 2. The number of halogens is 1. The molecule has 1 aromatic rings. The van der Waals surface area contributed by atoms with Crippen molar-refractivity contribution < 1.29 is 9.59 Å². The summed E-state index contributed by atoms with van der Waals surface area (Å²) < 4.78 is 0. The van der Waals surface area contributed by atoms with Crippen molar-refractivity contribution in [2.24, 2.45) is 11.5 Å². The van der Waals surface area contributed by atoms with Crippen LogP contribution in [0.25, 0.3) is 0 Å². The van der Waals surface area contributed by atoms with E-state index in [9.17, 15) is 9.59 Å². The van der Waals surface area contributed by atoms with Gasteiger partial charge in [-0.3, -0.25) is 9.59 Å².